The van der Waals surface area contributed by atoms with Crippen molar-refractivity contribution in [1.82, 2.24) is 30.8 Å². The molecule has 69 heavy (non-hydrogen) atoms. The summed E-state index contributed by atoms with van der Waals surface area (Å²) in [5.41, 5.74) is 12.3. The molecule has 1 heterocycles. The van der Waals surface area contributed by atoms with Crippen molar-refractivity contribution in [3.8, 4) is 11.4 Å². The van der Waals surface area contributed by atoms with Crippen molar-refractivity contribution in [1.29, 1.82) is 0 Å². The van der Waals surface area contributed by atoms with E-state index in [0.717, 1.165) is 44.4 Å². The second-order valence-corrected chi connectivity index (χ2v) is 16.6. The number of fused-ring (bicyclic) bond motifs is 1. The first-order valence-electron chi connectivity index (χ1n) is 22.7. The fourth-order valence-electron chi connectivity index (χ4n) is 8.73. The zero-order valence-electron chi connectivity index (χ0n) is 37.6. The molecule has 4 atom stereocenters. The van der Waals surface area contributed by atoms with Gasteiger partial charge in [0.25, 0.3) is 0 Å². The first-order valence-corrected chi connectivity index (χ1v) is 22.7. The maximum absolute atomic E-state index is 14.3. The van der Waals surface area contributed by atoms with Crippen molar-refractivity contribution in [2.75, 3.05) is 0 Å². The number of para-hydroxylation sites is 2. The Labute approximate surface area is 399 Å². The van der Waals surface area contributed by atoms with Crippen LogP contribution in [0.25, 0.3) is 22.4 Å². The highest BCUT2D eigenvalue weighted by atomic mass is 16.6. The number of aromatic nitrogens is 2. The first-order chi connectivity index (χ1) is 33.9. The number of ether oxygens (including phenoxy) is 4. The highest BCUT2D eigenvalue weighted by molar-refractivity contribution is 5.82. The number of carbonyl (C=O) groups excluding carboxylic acids is 4. The lowest BCUT2D eigenvalue weighted by Gasteiger charge is -2.35. The number of H-pyrrole nitrogens is 1. The molecule has 2 aliphatic rings. The van der Waals surface area contributed by atoms with Crippen LogP contribution in [0.15, 0.2) is 188 Å². The average Bonchev–Trinajstić information content (AvgIpc) is 4.19. The zero-order valence-corrected chi connectivity index (χ0v) is 37.6. The molecule has 0 spiro atoms. The summed E-state index contributed by atoms with van der Waals surface area (Å²) in [5.74, 6) is -0.496. The molecule has 14 heteroatoms. The van der Waals surface area contributed by atoms with Gasteiger partial charge in [0.2, 0.25) is 0 Å². The van der Waals surface area contributed by atoms with Gasteiger partial charge in [-0.25, -0.2) is 45.0 Å². The summed E-state index contributed by atoms with van der Waals surface area (Å²) in [4.78, 5) is 64.3. The quantitative estimate of drug-likeness (QED) is 0.0580. The molecule has 7 aromatic rings. The van der Waals surface area contributed by atoms with Gasteiger partial charge in [0.15, 0.2) is 0 Å². The van der Waals surface area contributed by atoms with Crippen LogP contribution in [0.1, 0.15) is 58.1 Å². The number of hydrazine groups is 2. The van der Waals surface area contributed by atoms with Crippen LogP contribution in [0.2, 0.25) is 0 Å². The Morgan fingerprint density at radius 2 is 0.884 bits per heavy atom. The van der Waals surface area contributed by atoms with Gasteiger partial charge in [0.05, 0.1) is 23.1 Å². The standard InChI is InChI=1S/C55H50N6O8/c62-52(66-34-38-18-5-1-6-19-38)58-60(54(64)68-36-40-22-9-3-10-23-40)48-32-16-26-42(48)44-28-15-29-45(50(44)51-56-46-30-13-14-31-47(46)57-51)43-27-17-33-49(43)61(55(65)69-37-41-24-11-4-12-25-41)59-53(63)67-35-39-20-7-2-8-21-39/h1-31,42-43,48-49H,32-37H2,(H,56,57)(H,58,62)(H,59,63)/t42-,43+,48+,49-. The van der Waals surface area contributed by atoms with Crippen molar-refractivity contribution in [2.45, 2.75) is 63.2 Å². The van der Waals surface area contributed by atoms with E-state index in [9.17, 15) is 19.2 Å². The van der Waals surface area contributed by atoms with E-state index in [0.29, 0.717) is 24.2 Å². The van der Waals surface area contributed by atoms with Crippen molar-refractivity contribution in [3.05, 3.63) is 221 Å². The molecule has 0 fully saturated rings. The molecule has 0 bridgehead atoms. The Morgan fingerprint density at radius 3 is 1.30 bits per heavy atom. The fraction of sp³-hybridized carbons (Fsp3) is 0.182. The lowest BCUT2D eigenvalue weighted by atomic mass is 9.82. The number of nitrogens with one attached hydrogen (secondary N) is 3. The number of benzene rings is 6. The second kappa shape index (κ2) is 21.8. The van der Waals surface area contributed by atoms with Gasteiger partial charge in [0, 0.05) is 17.4 Å². The van der Waals surface area contributed by atoms with Gasteiger partial charge in [-0.2, -0.15) is 0 Å². The number of nitrogens with zero attached hydrogens (tertiary/aromatic N) is 3. The Kier molecular flexibility index (Phi) is 14.4. The molecular formula is C55H50N6O8. The number of carbonyl (C=O) groups is 4. The number of amides is 4. The van der Waals surface area contributed by atoms with Crippen molar-refractivity contribution < 1.29 is 38.1 Å². The SMILES string of the molecule is O=C(NN(C(=O)OCc1ccccc1)[C@@H]1CC=C[C@H]1c1cccc([C@H]2C=CC[C@@H]2N(NC(=O)OCc2ccccc2)C(=O)OCc2ccccc2)c1-c1nc2ccccc2[nH]1)OCc1ccccc1. The van der Waals surface area contributed by atoms with E-state index < -0.39 is 48.3 Å². The molecular weight excluding hydrogens is 873 g/mol. The molecule has 3 N–H and O–H groups in total. The minimum absolute atomic E-state index is 0.0172. The van der Waals surface area contributed by atoms with Crippen LogP contribution in [-0.2, 0) is 45.4 Å². The molecule has 2 aliphatic carbocycles. The summed E-state index contributed by atoms with van der Waals surface area (Å²) < 4.78 is 23.0. The number of imidazole rings is 1. The van der Waals surface area contributed by atoms with E-state index in [4.69, 9.17) is 23.9 Å². The van der Waals surface area contributed by atoms with Crippen LogP contribution < -0.4 is 10.9 Å². The first kappa shape index (κ1) is 45.5. The van der Waals surface area contributed by atoms with E-state index in [2.05, 4.69) is 15.8 Å². The molecule has 14 nitrogen and oxygen atoms in total. The summed E-state index contributed by atoms with van der Waals surface area (Å²) in [6, 6.07) is 49.3. The third-order valence-corrected chi connectivity index (χ3v) is 12.1. The number of hydrogen-bond acceptors (Lipinski definition) is 9. The molecule has 348 valence electrons. The van der Waals surface area contributed by atoms with Crippen molar-refractivity contribution in [3.63, 3.8) is 0 Å². The van der Waals surface area contributed by atoms with Gasteiger partial charge < -0.3 is 23.9 Å². The van der Waals surface area contributed by atoms with E-state index in [1.54, 1.807) is 0 Å². The Bertz CT molecular complexity index is 2740. The zero-order chi connectivity index (χ0) is 47.4. The monoisotopic (exact) mass is 922 g/mol. The van der Waals surface area contributed by atoms with Crippen LogP contribution in [0.4, 0.5) is 19.2 Å². The molecule has 0 saturated carbocycles. The Balaban J connectivity index is 1.07. The lowest BCUT2D eigenvalue weighted by molar-refractivity contribution is 0.0452. The van der Waals surface area contributed by atoms with Crippen molar-refractivity contribution in [2.24, 2.45) is 0 Å². The molecule has 1 aromatic heterocycles. The van der Waals surface area contributed by atoms with Gasteiger partial charge in [-0.1, -0.05) is 176 Å². The number of aromatic amines is 1. The lowest BCUT2D eigenvalue weighted by Crippen LogP contribution is -2.53. The molecule has 0 saturated heterocycles. The third-order valence-electron chi connectivity index (χ3n) is 12.1. The fourth-order valence-corrected chi connectivity index (χ4v) is 8.73. The van der Waals surface area contributed by atoms with Gasteiger partial charge in [-0.15, -0.1) is 0 Å². The van der Waals surface area contributed by atoms with Crippen LogP contribution in [0.5, 0.6) is 0 Å². The van der Waals surface area contributed by atoms with Crippen LogP contribution >= 0.6 is 0 Å². The third kappa shape index (κ3) is 11.1. The topological polar surface area (TPSA) is 164 Å². The second-order valence-electron chi connectivity index (χ2n) is 16.6. The minimum Gasteiger partial charge on any atom is -0.443 e. The summed E-state index contributed by atoms with van der Waals surface area (Å²) >= 11 is 0. The highest BCUT2D eigenvalue weighted by Gasteiger charge is 2.41. The Hall–Kier alpha value is -8.65. The van der Waals surface area contributed by atoms with E-state index in [1.807, 2.05) is 188 Å². The maximum Gasteiger partial charge on any atom is 0.429 e. The predicted octanol–water partition coefficient (Wildman–Crippen LogP) is 11.0. The van der Waals surface area contributed by atoms with Gasteiger partial charge in [-0.05, 0) is 58.4 Å². The van der Waals surface area contributed by atoms with Crippen molar-refractivity contribution >= 4 is 35.4 Å². The Morgan fingerprint density at radius 1 is 0.493 bits per heavy atom. The molecule has 9 rings (SSSR count). The molecule has 0 radical (unpaired) electrons. The largest absolute Gasteiger partial charge is 0.443 e. The van der Waals surface area contributed by atoms with Crippen LogP contribution in [-0.4, -0.2) is 56.4 Å². The average molecular weight is 923 g/mol. The van der Waals surface area contributed by atoms with Gasteiger partial charge in [0.1, 0.15) is 32.3 Å². The number of hydrogen-bond donors (Lipinski definition) is 3. The molecule has 4 amide bonds. The van der Waals surface area contributed by atoms with Gasteiger partial charge >= 0.3 is 24.4 Å². The summed E-state index contributed by atoms with van der Waals surface area (Å²) in [7, 11) is 0. The highest BCUT2D eigenvalue weighted by Crippen LogP contribution is 2.44. The summed E-state index contributed by atoms with van der Waals surface area (Å²) in [6.45, 7) is -0.0999. The van der Waals surface area contributed by atoms with E-state index in [-0.39, 0.29) is 26.4 Å². The van der Waals surface area contributed by atoms with Crippen LogP contribution in [0, 0.1) is 0 Å². The summed E-state index contributed by atoms with van der Waals surface area (Å²) in [6.07, 6.45) is 5.44. The van der Waals surface area contributed by atoms with E-state index in [1.165, 1.54) is 10.0 Å². The molecule has 0 aliphatic heterocycles. The summed E-state index contributed by atoms with van der Waals surface area (Å²) in [5, 5.41) is 2.42. The normalized spacial score (nSPS) is 16.9. The predicted molar refractivity (Wildman–Crippen MR) is 259 cm³/mol. The maximum atomic E-state index is 14.3. The minimum atomic E-state index is -0.833. The van der Waals surface area contributed by atoms with Crippen LogP contribution in [0.3, 0.4) is 0 Å². The van der Waals surface area contributed by atoms with E-state index >= 15 is 0 Å². The molecule has 0 unspecified atom stereocenters. The number of rotatable bonds is 13. The smallest absolute Gasteiger partial charge is 0.429 e. The molecule has 6 aromatic carbocycles. The van der Waals surface area contributed by atoms with Gasteiger partial charge in [-0.3, -0.25) is 0 Å².